The number of methoxy groups -OCH3 is 1. The molecular weight excluding hydrogens is 472 g/mol. The average molecular weight is 523 g/mol. The van der Waals surface area contributed by atoms with Crippen LogP contribution in [-0.4, -0.2) is 68.2 Å². The maximum atomic E-state index is 12.9. The number of Topliss-reactive ketones (excluding diaryl/α,β-unsaturated/α-hetero) is 1. The molecule has 36 heavy (non-hydrogen) atoms. The number of hydrogen-bond acceptors (Lipinski definition) is 5. The van der Waals surface area contributed by atoms with Crippen LogP contribution in [0.4, 0.5) is 0 Å². The molecule has 6 heteroatoms. The summed E-state index contributed by atoms with van der Waals surface area (Å²) in [4.78, 5) is 30.4. The maximum Gasteiger partial charge on any atom is 0.224 e. The van der Waals surface area contributed by atoms with E-state index < -0.39 is 0 Å². The number of carbonyl (C=O) groups is 2. The second-order valence-corrected chi connectivity index (χ2v) is 10.3. The van der Waals surface area contributed by atoms with E-state index in [0.29, 0.717) is 24.1 Å². The lowest BCUT2D eigenvalue weighted by Crippen LogP contribution is -2.46. The first-order valence-corrected chi connectivity index (χ1v) is 14.2. The van der Waals surface area contributed by atoms with Gasteiger partial charge >= 0.3 is 0 Å². The Labute approximate surface area is 226 Å². The van der Waals surface area contributed by atoms with Gasteiger partial charge in [0, 0.05) is 49.9 Å². The molecule has 1 saturated heterocycles. The number of likely N-dealkylation sites (N-methyl/N-ethyl adjacent to an activating group) is 1. The van der Waals surface area contributed by atoms with Gasteiger partial charge < -0.3 is 9.64 Å². The molecule has 2 rings (SSSR count). The largest absolute Gasteiger partial charge is 0.493 e. The van der Waals surface area contributed by atoms with Gasteiger partial charge in [-0.15, -0.1) is 12.4 Å². The zero-order chi connectivity index (χ0) is 25.3. The van der Waals surface area contributed by atoms with Crippen molar-refractivity contribution in [2.24, 2.45) is 0 Å². The minimum Gasteiger partial charge on any atom is -0.493 e. The van der Waals surface area contributed by atoms with E-state index >= 15 is 0 Å². The molecule has 1 aliphatic carbocycles. The number of ether oxygens (including phenoxy) is 1. The maximum absolute atomic E-state index is 12.9. The van der Waals surface area contributed by atoms with Gasteiger partial charge in [-0.05, 0) is 45.6 Å². The van der Waals surface area contributed by atoms with Crippen molar-refractivity contribution >= 4 is 24.0 Å². The van der Waals surface area contributed by atoms with Gasteiger partial charge in [0.25, 0.3) is 0 Å². The second-order valence-electron chi connectivity index (χ2n) is 10.3. The third-order valence-electron chi connectivity index (χ3n) is 7.31. The highest BCUT2D eigenvalue weighted by Gasteiger charge is 2.30. The molecule has 5 nitrogen and oxygen atoms in total. The first kappa shape index (κ1) is 32.6. The van der Waals surface area contributed by atoms with E-state index in [1.54, 1.807) is 0 Å². The van der Waals surface area contributed by atoms with Gasteiger partial charge in [0.05, 0.1) is 7.11 Å². The van der Waals surface area contributed by atoms with E-state index in [2.05, 4.69) is 35.9 Å². The van der Waals surface area contributed by atoms with Crippen molar-refractivity contribution in [3.8, 4) is 0 Å². The summed E-state index contributed by atoms with van der Waals surface area (Å²) in [6.07, 6.45) is 23.0. The molecule has 0 N–H and O–H groups in total. The van der Waals surface area contributed by atoms with Crippen LogP contribution in [0.25, 0.3) is 0 Å². The van der Waals surface area contributed by atoms with Gasteiger partial charge in [0.1, 0.15) is 0 Å². The first-order chi connectivity index (χ1) is 17.1. The Kier molecular flexibility index (Phi) is 17.8. The van der Waals surface area contributed by atoms with Crippen molar-refractivity contribution in [2.45, 2.75) is 96.8 Å². The summed E-state index contributed by atoms with van der Waals surface area (Å²) < 4.78 is 5.22. The molecule has 0 atom stereocenters. The molecule has 2 aliphatic rings. The van der Waals surface area contributed by atoms with E-state index in [9.17, 15) is 9.59 Å². The molecule has 206 valence electrons. The number of halogens is 1. The number of unbranched alkanes of at least 4 members (excludes halogenated alkanes) is 11. The molecule has 0 amide bonds. The Bertz CT molecular complexity index is 736. The summed E-state index contributed by atoms with van der Waals surface area (Å²) in [6, 6.07) is 0. The van der Waals surface area contributed by atoms with Crippen LogP contribution in [0, 0.1) is 0 Å². The third-order valence-corrected chi connectivity index (χ3v) is 7.31. The number of rotatable bonds is 18. The quantitative estimate of drug-likeness (QED) is 0.114. The Balaban J connectivity index is 0.00000648. The van der Waals surface area contributed by atoms with E-state index in [-0.39, 0.29) is 29.7 Å². The highest BCUT2D eigenvalue weighted by molar-refractivity contribution is 6.22. The number of piperazine rings is 1. The molecule has 0 aromatic carbocycles. The van der Waals surface area contributed by atoms with Crippen LogP contribution in [0.5, 0.6) is 0 Å². The van der Waals surface area contributed by atoms with Gasteiger partial charge in [-0.1, -0.05) is 70.4 Å². The molecule has 0 aromatic heterocycles. The number of carbonyl (C=O) groups excluding carboxylic acids is 2. The predicted octanol–water partition coefficient (Wildman–Crippen LogP) is 6.67. The molecular formula is C30H51ClN2O3. The minimum atomic E-state index is -0.0883. The Morgan fingerprint density at radius 1 is 0.806 bits per heavy atom. The van der Waals surface area contributed by atoms with Crippen LogP contribution in [0.1, 0.15) is 96.8 Å². The summed E-state index contributed by atoms with van der Waals surface area (Å²) in [5, 5.41) is 0. The third kappa shape index (κ3) is 12.2. The highest BCUT2D eigenvalue weighted by atomic mass is 35.5. The van der Waals surface area contributed by atoms with Crippen LogP contribution < -0.4 is 0 Å². The van der Waals surface area contributed by atoms with Crippen LogP contribution >= 0.6 is 12.4 Å². The minimum absolute atomic E-state index is 0. The topological polar surface area (TPSA) is 49.9 Å². The van der Waals surface area contributed by atoms with Gasteiger partial charge in [0.15, 0.2) is 11.5 Å². The SMILES string of the molecule is CCCCCC/C=C\CCCCCCCCCC1=C(CN2CCN(C)CC2)C(=O)C=C(OC)C1=O.Cl. The zero-order valence-electron chi connectivity index (χ0n) is 23.2. The molecule has 0 spiro atoms. The van der Waals surface area contributed by atoms with Gasteiger partial charge in [-0.25, -0.2) is 0 Å². The molecule has 1 fully saturated rings. The molecule has 0 unspecified atom stereocenters. The fourth-order valence-electron chi connectivity index (χ4n) is 4.90. The fourth-order valence-corrected chi connectivity index (χ4v) is 4.90. The number of nitrogens with zero attached hydrogens (tertiary/aromatic N) is 2. The Morgan fingerprint density at radius 2 is 1.36 bits per heavy atom. The molecule has 0 bridgehead atoms. The van der Waals surface area contributed by atoms with Crippen LogP contribution in [0.15, 0.2) is 35.1 Å². The Morgan fingerprint density at radius 3 is 1.94 bits per heavy atom. The lowest BCUT2D eigenvalue weighted by Gasteiger charge is -2.33. The van der Waals surface area contributed by atoms with Gasteiger partial charge in [-0.2, -0.15) is 0 Å². The zero-order valence-corrected chi connectivity index (χ0v) is 24.0. The summed E-state index contributed by atoms with van der Waals surface area (Å²) >= 11 is 0. The molecule has 1 heterocycles. The van der Waals surface area contributed by atoms with E-state index in [1.807, 2.05) is 0 Å². The average Bonchev–Trinajstić information content (AvgIpc) is 2.86. The molecule has 0 aromatic rings. The van der Waals surface area contributed by atoms with Crippen LogP contribution in [-0.2, 0) is 14.3 Å². The van der Waals surface area contributed by atoms with Crippen molar-refractivity contribution in [1.82, 2.24) is 9.80 Å². The second kappa shape index (κ2) is 19.7. The van der Waals surface area contributed by atoms with Crippen molar-refractivity contribution in [3.63, 3.8) is 0 Å². The fraction of sp³-hybridized carbons (Fsp3) is 0.733. The summed E-state index contributed by atoms with van der Waals surface area (Å²) in [7, 11) is 3.60. The predicted molar refractivity (Wildman–Crippen MR) is 153 cm³/mol. The molecule has 0 saturated carbocycles. The monoisotopic (exact) mass is 522 g/mol. The Hall–Kier alpha value is -1.43. The van der Waals surface area contributed by atoms with Gasteiger partial charge in [-0.3, -0.25) is 14.5 Å². The van der Waals surface area contributed by atoms with E-state index in [4.69, 9.17) is 4.74 Å². The summed E-state index contributed by atoms with van der Waals surface area (Å²) in [6.45, 7) is 6.70. The summed E-state index contributed by atoms with van der Waals surface area (Å²) in [5.74, 6) is 0.0576. The van der Waals surface area contributed by atoms with Crippen molar-refractivity contribution in [3.05, 3.63) is 35.1 Å². The standard InChI is InChI=1S/C30H50N2O3.ClH/c1-4-5-6-7-8-9-10-11-12-13-14-15-16-17-18-19-26-27(25-32-22-20-31(2)21-23-32)28(33)24-29(35-3)30(26)34;/h9-10,24H,4-8,11-23,25H2,1-3H3;1H/b10-9-;. The van der Waals surface area contributed by atoms with Crippen LogP contribution in [0.3, 0.4) is 0 Å². The van der Waals surface area contributed by atoms with Gasteiger partial charge in [0.2, 0.25) is 5.78 Å². The van der Waals surface area contributed by atoms with E-state index in [0.717, 1.165) is 39.0 Å². The van der Waals surface area contributed by atoms with Crippen molar-refractivity contribution in [1.29, 1.82) is 0 Å². The number of allylic oxidation sites excluding steroid dienone is 4. The smallest absolute Gasteiger partial charge is 0.224 e. The van der Waals surface area contributed by atoms with Crippen molar-refractivity contribution in [2.75, 3.05) is 46.9 Å². The normalized spacial score (nSPS) is 17.6. The lowest BCUT2D eigenvalue weighted by atomic mass is 9.89. The first-order valence-electron chi connectivity index (χ1n) is 14.2. The van der Waals surface area contributed by atoms with Crippen LogP contribution in [0.2, 0.25) is 0 Å². The van der Waals surface area contributed by atoms with E-state index in [1.165, 1.54) is 83.8 Å². The van der Waals surface area contributed by atoms with Crippen molar-refractivity contribution < 1.29 is 14.3 Å². The molecule has 1 aliphatic heterocycles. The lowest BCUT2D eigenvalue weighted by molar-refractivity contribution is -0.118. The number of hydrogen-bond donors (Lipinski definition) is 0. The highest BCUT2D eigenvalue weighted by Crippen LogP contribution is 2.26. The molecule has 0 radical (unpaired) electrons. The number of ketones is 2. The summed E-state index contributed by atoms with van der Waals surface area (Å²) in [5.41, 5.74) is 1.38.